The van der Waals surface area contributed by atoms with Gasteiger partial charge in [0.15, 0.2) is 5.69 Å². The average Bonchev–Trinajstić information content (AvgIpc) is 2.81. The molecule has 0 radical (unpaired) electrons. The molecule has 2 aromatic rings. The average molecular weight is 317 g/mol. The quantitative estimate of drug-likeness (QED) is 0.489. The number of halogens is 3. The number of rotatable bonds is 4. The largest absolute Gasteiger partial charge is 0.375 e. The first kappa shape index (κ1) is 15.0. The standard InChI is InChI=1S/C12H7ClF2N2O4/c1-6-9(17(19)20)11(21-16-6)12(14,15)10(18)7-2-4-8(13)5-3-7/h2-5H,1H3. The molecular weight excluding hydrogens is 310 g/mol. The van der Waals surface area contributed by atoms with Gasteiger partial charge in [-0.05, 0) is 31.2 Å². The van der Waals surface area contributed by atoms with E-state index in [4.69, 9.17) is 11.6 Å². The van der Waals surface area contributed by atoms with Crippen LogP contribution in [0.15, 0.2) is 28.8 Å². The lowest BCUT2D eigenvalue weighted by atomic mass is 10.0. The molecule has 0 unspecified atom stereocenters. The summed E-state index contributed by atoms with van der Waals surface area (Å²) in [4.78, 5) is 21.6. The van der Waals surface area contributed by atoms with Gasteiger partial charge in [-0.1, -0.05) is 16.8 Å². The Morgan fingerprint density at radius 3 is 2.48 bits per heavy atom. The fraction of sp³-hybridized carbons (Fsp3) is 0.167. The summed E-state index contributed by atoms with van der Waals surface area (Å²) in [5.41, 5.74) is -1.70. The lowest BCUT2D eigenvalue weighted by Gasteiger charge is -2.11. The molecule has 0 saturated carbocycles. The van der Waals surface area contributed by atoms with Gasteiger partial charge in [-0.2, -0.15) is 8.78 Å². The molecule has 1 heterocycles. The van der Waals surface area contributed by atoms with Crippen molar-refractivity contribution in [3.05, 3.63) is 56.4 Å². The van der Waals surface area contributed by atoms with Gasteiger partial charge in [0, 0.05) is 10.6 Å². The first-order valence-corrected chi connectivity index (χ1v) is 5.92. The summed E-state index contributed by atoms with van der Waals surface area (Å²) in [5, 5.41) is 14.2. The van der Waals surface area contributed by atoms with E-state index >= 15 is 0 Å². The van der Waals surface area contributed by atoms with Crippen LogP contribution in [0.4, 0.5) is 14.5 Å². The molecule has 0 aliphatic heterocycles. The van der Waals surface area contributed by atoms with Crippen molar-refractivity contribution >= 4 is 23.1 Å². The zero-order valence-electron chi connectivity index (χ0n) is 10.5. The fourth-order valence-electron chi connectivity index (χ4n) is 1.67. The van der Waals surface area contributed by atoms with Gasteiger partial charge in [-0.3, -0.25) is 14.9 Å². The molecule has 0 saturated heterocycles. The van der Waals surface area contributed by atoms with Gasteiger partial charge in [-0.25, -0.2) is 0 Å². The van der Waals surface area contributed by atoms with Crippen LogP contribution in [-0.2, 0) is 5.92 Å². The topological polar surface area (TPSA) is 86.2 Å². The van der Waals surface area contributed by atoms with Crippen LogP contribution in [0.2, 0.25) is 5.02 Å². The Balaban J connectivity index is 2.49. The first-order chi connectivity index (χ1) is 9.75. The minimum absolute atomic E-state index is 0.261. The van der Waals surface area contributed by atoms with Gasteiger partial charge in [0.25, 0.3) is 5.76 Å². The highest BCUT2D eigenvalue weighted by Crippen LogP contribution is 2.39. The summed E-state index contributed by atoms with van der Waals surface area (Å²) in [5.74, 6) is -7.24. The predicted molar refractivity (Wildman–Crippen MR) is 67.6 cm³/mol. The Kier molecular flexibility index (Phi) is 3.73. The minimum atomic E-state index is -4.21. The maximum atomic E-state index is 14.1. The Bertz CT molecular complexity index is 713. The van der Waals surface area contributed by atoms with Crippen molar-refractivity contribution in [1.29, 1.82) is 0 Å². The highest BCUT2D eigenvalue weighted by Gasteiger charge is 2.51. The van der Waals surface area contributed by atoms with Crippen molar-refractivity contribution in [2.75, 3.05) is 0 Å². The zero-order chi connectivity index (χ0) is 15.8. The number of hydrogen-bond acceptors (Lipinski definition) is 5. The predicted octanol–water partition coefficient (Wildman–Crippen LogP) is 3.52. The third-order valence-electron chi connectivity index (χ3n) is 2.69. The van der Waals surface area contributed by atoms with E-state index in [1.165, 1.54) is 12.1 Å². The number of ketones is 1. The number of carbonyl (C=O) groups excluding carboxylic acids is 1. The number of hydrogen-bond donors (Lipinski definition) is 0. The van der Waals surface area contributed by atoms with Gasteiger partial charge in [0.2, 0.25) is 5.78 Å². The molecule has 6 nitrogen and oxygen atoms in total. The van der Waals surface area contributed by atoms with Crippen LogP contribution in [0.5, 0.6) is 0 Å². The molecule has 0 spiro atoms. The molecule has 0 aliphatic carbocycles. The first-order valence-electron chi connectivity index (χ1n) is 5.54. The van der Waals surface area contributed by atoms with Crippen LogP contribution in [0.25, 0.3) is 0 Å². The zero-order valence-corrected chi connectivity index (χ0v) is 11.2. The van der Waals surface area contributed by atoms with E-state index in [-0.39, 0.29) is 16.3 Å². The van der Waals surface area contributed by atoms with Crippen molar-refractivity contribution in [2.45, 2.75) is 12.8 Å². The number of nitro groups is 1. The van der Waals surface area contributed by atoms with Gasteiger partial charge in [-0.15, -0.1) is 0 Å². The molecule has 0 aliphatic rings. The lowest BCUT2D eigenvalue weighted by Crippen LogP contribution is -2.26. The Morgan fingerprint density at radius 2 is 1.95 bits per heavy atom. The second kappa shape index (κ2) is 5.21. The van der Waals surface area contributed by atoms with Crippen molar-refractivity contribution in [1.82, 2.24) is 5.16 Å². The van der Waals surface area contributed by atoms with Crippen LogP contribution in [-0.4, -0.2) is 15.9 Å². The fourth-order valence-corrected chi connectivity index (χ4v) is 1.80. The minimum Gasteiger partial charge on any atom is -0.346 e. The van der Waals surface area contributed by atoms with Gasteiger partial charge in [0.05, 0.1) is 4.92 Å². The number of alkyl halides is 2. The second-order valence-corrected chi connectivity index (χ2v) is 4.55. The molecule has 110 valence electrons. The summed E-state index contributed by atoms with van der Waals surface area (Å²) >= 11 is 5.60. The monoisotopic (exact) mass is 316 g/mol. The normalized spacial score (nSPS) is 11.4. The van der Waals surface area contributed by atoms with E-state index in [0.717, 1.165) is 19.1 Å². The number of Topliss-reactive ketones (excluding diaryl/α,β-unsaturated/α-hetero) is 1. The Hall–Kier alpha value is -2.35. The lowest BCUT2D eigenvalue weighted by molar-refractivity contribution is -0.387. The van der Waals surface area contributed by atoms with Crippen LogP contribution in [0, 0.1) is 17.0 Å². The number of benzene rings is 1. The third-order valence-corrected chi connectivity index (χ3v) is 2.94. The molecule has 0 fully saturated rings. The van der Waals surface area contributed by atoms with E-state index in [9.17, 15) is 23.7 Å². The van der Waals surface area contributed by atoms with E-state index < -0.39 is 28.1 Å². The van der Waals surface area contributed by atoms with Gasteiger partial charge < -0.3 is 4.52 Å². The van der Waals surface area contributed by atoms with E-state index in [0.29, 0.717) is 0 Å². The van der Waals surface area contributed by atoms with E-state index in [1.807, 2.05) is 0 Å². The molecule has 0 N–H and O–H groups in total. The number of aromatic nitrogens is 1. The summed E-state index contributed by atoms with van der Waals surface area (Å²) in [6, 6.07) is 4.69. The van der Waals surface area contributed by atoms with Crippen molar-refractivity contribution in [2.24, 2.45) is 0 Å². The maximum absolute atomic E-state index is 14.1. The van der Waals surface area contributed by atoms with Crippen molar-refractivity contribution in [3.8, 4) is 0 Å². The summed E-state index contributed by atoms with van der Waals surface area (Å²) in [7, 11) is 0. The van der Waals surface area contributed by atoms with E-state index in [1.54, 1.807) is 0 Å². The van der Waals surface area contributed by atoms with Crippen LogP contribution in [0.3, 0.4) is 0 Å². The maximum Gasteiger partial charge on any atom is 0.375 e. The Morgan fingerprint density at radius 1 is 1.38 bits per heavy atom. The smallest absolute Gasteiger partial charge is 0.346 e. The molecule has 1 aromatic heterocycles. The van der Waals surface area contributed by atoms with Gasteiger partial charge in [0.1, 0.15) is 0 Å². The molecular formula is C12H7ClF2N2O4. The molecule has 2 rings (SSSR count). The summed E-state index contributed by atoms with van der Waals surface area (Å²) < 4.78 is 32.6. The molecule has 1 aromatic carbocycles. The van der Waals surface area contributed by atoms with Crippen LogP contribution >= 0.6 is 11.6 Å². The molecule has 0 bridgehead atoms. The van der Waals surface area contributed by atoms with Crippen LogP contribution < -0.4 is 0 Å². The third kappa shape index (κ3) is 2.62. The molecule has 0 atom stereocenters. The molecule has 21 heavy (non-hydrogen) atoms. The highest BCUT2D eigenvalue weighted by molar-refractivity contribution is 6.30. The SMILES string of the molecule is Cc1noc(C(F)(F)C(=O)c2ccc(Cl)cc2)c1[N+](=O)[O-]. The second-order valence-electron chi connectivity index (χ2n) is 4.11. The molecule has 9 heteroatoms. The number of carbonyl (C=O) groups is 1. The number of aryl methyl sites for hydroxylation is 1. The number of nitrogens with zero attached hydrogens (tertiary/aromatic N) is 2. The summed E-state index contributed by atoms with van der Waals surface area (Å²) in [6.07, 6.45) is 0. The van der Waals surface area contributed by atoms with Crippen molar-refractivity contribution in [3.63, 3.8) is 0 Å². The Labute approximate surface area is 121 Å². The van der Waals surface area contributed by atoms with Gasteiger partial charge >= 0.3 is 11.6 Å². The van der Waals surface area contributed by atoms with E-state index in [2.05, 4.69) is 9.68 Å². The molecule has 0 amide bonds. The summed E-state index contributed by atoms with van der Waals surface area (Å²) in [6.45, 7) is 1.13. The van der Waals surface area contributed by atoms with Crippen molar-refractivity contribution < 1.29 is 23.0 Å². The highest BCUT2D eigenvalue weighted by atomic mass is 35.5. The van der Waals surface area contributed by atoms with Crippen LogP contribution in [0.1, 0.15) is 21.8 Å².